The van der Waals surface area contributed by atoms with Gasteiger partial charge in [-0.1, -0.05) is 17.3 Å². The molecule has 0 radical (unpaired) electrons. The van der Waals surface area contributed by atoms with Gasteiger partial charge in [0.05, 0.1) is 5.69 Å². The second-order valence-corrected chi connectivity index (χ2v) is 4.68. The number of ether oxygens (including phenoxy) is 1. The number of aliphatic hydroxyl groups is 1. The molecule has 1 heterocycles. The third-order valence-electron chi connectivity index (χ3n) is 3.19. The predicted octanol–water partition coefficient (Wildman–Crippen LogP) is 3.08. The highest BCUT2D eigenvalue weighted by molar-refractivity contribution is 5.80. The molecule has 3 aromatic rings. The van der Waals surface area contributed by atoms with Gasteiger partial charge in [0.1, 0.15) is 18.2 Å². The van der Waals surface area contributed by atoms with Gasteiger partial charge in [-0.15, -0.1) is 0 Å². The predicted molar refractivity (Wildman–Crippen MR) is 75.5 cm³/mol. The minimum Gasteiger partial charge on any atom is -0.489 e. The first kappa shape index (κ1) is 13.6. The number of aromatic nitrogens is 1. The molecule has 0 amide bonds. The van der Waals surface area contributed by atoms with Crippen LogP contribution >= 0.6 is 0 Å². The topological polar surface area (TPSA) is 55.5 Å². The smallest absolute Gasteiger partial charge is 0.170 e. The molecule has 0 saturated heterocycles. The van der Waals surface area contributed by atoms with Gasteiger partial charge in [-0.3, -0.25) is 0 Å². The quantitative estimate of drug-likeness (QED) is 0.783. The third kappa shape index (κ3) is 3.03. The van der Waals surface area contributed by atoms with E-state index in [9.17, 15) is 4.39 Å². The summed E-state index contributed by atoms with van der Waals surface area (Å²) in [7, 11) is 0. The zero-order valence-corrected chi connectivity index (χ0v) is 11.3. The van der Waals surface area contributed by atoms with Crippen molar-refractivity contribution in [2.75, 3.05) is 6.61 Å². The summed E-state index contributed by atoms with van der Waals surface area (Å²) < 4.78 is 23.7. The lowest BCUT2D eigenvalue weighted by Gasteiger charge is -2.06. The van der Waals surface area contributed by atoms with Crippen LogP contribution in [0.3, 0.4) is 0 Å². The molecular formula is C16H14FNO3. The van der Waals surface area contributed by atoms with Crippen LogP contribution in [0.1, 0.15) is 11.3 Å². The summed E-state index contributed by atoms with van der Waals surface area (Å²) in [4.78, 5) is 0. The number of benzene rings is 2. The molecule has 0 unspecified atom stereocenters. The lowest BCUT2D eigenvalue weighted by molar-refractivity contribution is 0.295. The number of fused-ring (bicyclic) bond motifs is 1. The number of aliphatic hydroxyl groups excluding tert-OH is 1. The summed E-state index contributed by atoms with van der Waals surface area (Å²) in [5.41, 5.74) is 2.24. The standard InChI is InChI=1S/C16H14FNO3/c17-12-3-1-11(2-4-12)10-20-13-5-6-14-15(7-8-19)18-21-16(14)9-13/h1-6,9,19H,7-8,10H2. The molecule has 3 rings (SSSR count). The lowest BCUT2D eigenvalue weighted by Crippen LogP contribution is -1.95. The molecule has 1 N–H and O–H groups in total. The van der Waals surface area contributed by atoms with Crippen LogP contribution in [0.15, 0.2) is 47.0 Å². The number of rotatable bonds is 5. The van der Waals surface area contributed by atoms with E-state index in [0.717, 1.165) is 16.6 Å². The van der Waals surface area contributed by atoms with E-state index in [1.54, 1.807) is 18.2 Å². The van der Waals surface area contributed by atoms with Gasteiger partial charge in [0.25, 0.3) is 0 Å². The molecule has 0 atom stereocenters. The second kappa shape index (κ2) is 5.93. The van der Waals surface area contributed by atoms with E-state index in [-0.39, 0.29) is 12.4 Å². The Kier molecular flexibility index (Phi) is 3.83. The minimum atomic E-state index is -0.266. The molecule has 0 bridgehead atoms. The Bertz CT molecular complexity index is 737. The molecule has 1 aromatic heterocycles. The summed E-state index contributed by atoms with van der Waals surface area (Å²) in [6, 6.07) is 11.6. The summed E-state index contributed by atoms with van der Waals surface area (Å²) in [6.07, 6.45) is 0.461. The van der Waals surface area contributed by atoms with Gasteiger partial charge in [-0.25, -0.2) is 4.39 Å². The van der Waals surface area contributed by atoms with E-state index >= 15 is 0 Å². The van der Waals surface area contributed by atoms with Crippen molar-refractivity contribution in [1.82, 2.24) is 5.16 Å². The fourth-order valence-corrected chi connectivity index (χ4v) is 2.09. The zero-order valence-electron chi connectivity index (χ0n) is 11.3. The molecule has 108 valence electrons. The Labute approximate surface area is 120 Å². The summed E-state index contributed by atoms with van der Waals surface area (Å²) >= 11 is 0. The van der Waals surface area contributed by atoms with Crippen LogP contribution in [0.2, 0.25) is 0 Å². The maximum absolute atomic E-state index is 12.8. The first-order chi connectivity index (χ1) is 10.3. The van der Waals surface area contributed by atoms with E-state index in [4.69, 9.17) is 14.4 Å². The van der Waals surface area contributed by atoms with Crippen LogP contribution < -0.4 is 4.74 Å². The summed E-state index contributed by atoms with van der Waals surface area (Å²) in [5.74, 6) is 0.386. The van der Waals surface area contributed by atoms with E-state index in [1.165, 1.54) is 12.1 Å². The fraction of sp³-hybridized carbons (Fsp3) is 0.188. The zero-order chi connectivity index (χ0) is 14.7. The first-order valence-corrected chi connectivity index (χ1v) is 6.62. The molecule has 0 aliphatic rings. The van der Waals surface area contributed by atoms with Gasteiger partial charge in [-0.05, 0) is 29.8 Å². The van der Waals surface area contributed by atoms with E-state index < -0.39 is 0 Å². The van der Waals surface area contributed by atoms with E-state index in [0.29, 0.717) is 24.4 Å². The van der Waals surface area contributed by atoms with Crippen LogP contribution in [0.5, 0.6) is 5.75 Å². The fourth-order valence-electron chi connectivity index (χ4n) is 2.09. The van der Waals surface area contributed by atoms with Crippen molar-refractivity contribution in [3.8, 4) is 5.75 Å². The van der Waals surface area contributed by atoms with Crippen molar-refractivity contribution in [2.45, 2.75) is 13.0 Å². The van der Waals surface area contributed by atoms with Gasteiger partial charge in [-0.2, -0.15) is 0 Å². The molecule has 0 saturated carbocycles. The van der Waals surface area contributed by atoms with Gasteiger partial charge >= 0.3 is 0 Å². The Morgan fingerprint density at radius 3 is 2.71 bits per heavy atom. The molecule has 2 aromatic carbocycles. The number of hydrogen-bond donors (Lipinski definition) is 1. The monoisotopic (exact) mass is 287 g/mol. The number of hydrogen-bond acceptors (Lipinski definition) is 4. The SMILES string of the molecule is OCCc1noc2cc(OCc3ccc(F)cc3)ccc12. The van der Waals surface area contributed by atoms with Gasteiger partial charge in [0, 0.05) is 24.5 Å². The van der Waals surface area contributed by atoms with Crippen molar-refractivity contribution in [1.29, 1.82) is 0 Å². The van der Waals surface area contributed by atoms with Crippen LogP contribution in [0, 0.1) is 5.82 Å². The Hall–Kier alpha value is -2.40. The molecule has 0 aliphatic heterocycles. The maximum atomic E-state index is 12.8. The van der Waals surface area contributed by atoms with Crippen molar-refractivity contribution in [3.05, 3.63) is 59.5 Å². The average Bonchev–Trinajstić information content (AvgIpc) is 2.90. The Balaban J connectivity index is 1.74. The molecule has 0 fully saturated rings. The molecule has 0 aliphatic carbocycles. The van der Waals surface area contributed by atoms with E-state index in [2.05, 4.69) is 5.16 Å². The van der Waals surface area contributed by atoms with Gasteiger partial charge in [0.15, 0.2) is 5.58 Å². The Morgan fingerprint density at radius 2 is 1.95 bits per heavy atom. The van der Waals surface area contributed by atoms with Gasteiger partial charge in [0.2, 0.25) is 0 Å². The second-order valence-electron chi connectivity index (χ2n) is 4.68. The summed E-state index contributed by atoms with van der Waals surface area (Å²) in [6.45, 7) is 0.383. The van der Waals surface area contributed by atoms with E-state index in [1.807, 2.05) is 12.1 Å². The van der Waals surface area contributed by atoms with Crippen LogP contribution in [-0.4, -0.2) is 16.9 Å². The Morgan fingerprint density at radius 1 is 1.14 bits per heavy atom. The largest absolute Gasteiger partial charge is 0.489 e. The normalized spacial score (nSPS) is 11.0. The van der Waals surface area contributed by atoms with Crippen molar-refractivity contribution in [2.24, 2.45) is 0 Å². The highest BCUT2D eigenvalue weighted by Gasteiger charge is 2.08. The average molecular weight is 287 g/mol. The minimum absolute atomic E-state index is 0.0322. The van der Waals surface area contributed by atoms with Crippen molar-refractivity contribution < 1.29 is 18.8 Å². The lowest BCUT2D eigenvalue weighted by atomic mass is 10.2. The molecular weight excluding hydrogens is 273 g/mol. The summed E-state index contributed by atoms with van der Waals surface area (Å²) in [5, 5.41) is 13.7. The van der Waals surface area contributed by atoms with Crippen LogP contribution in [0.25, 0.3) is 11.0 Å². The highest BCUT2D eigenvalue weighted by atomic mass is 19.1. The molecule has 0 spiro atoms. The van der Waals surface area contributed by atoms with Crippen molar-refractivity contribution in [3.63, 3.8) is 0 Å². The first-order valence-electron chi connectivity index (χ1n) is 6.62. The van der Waals surface area contributed by atoms with Crippen LogP contribution in [-0.2, 0) is 13.0 Å². The van der Waals surface area contributed by atoms with Crippen LogP contribution in [0.4, 0.5) is 4.39 Å². The van der Waals surface area contributed by atoms with Gasteiger partial charge < -0.3 is 14.4 Å². The molecule has 4 nitrogen and oxygen atoms in total. The number of nitrogens with zero attached hydrogens (tertiary/aromatic N) is 1. The third-order valence-corrected chi connectivity index (χ3v) is 3.19. The number of halogens is 1. The molecule has 5 heteroatoms. The van der Waals surface area contributed by atoms with Crippen molar-refractivity contribution >= 4 is 11.0 Å². The molecule has 21 heavy (non-hydrogen) atoms. The highest BCUT2D eigenvalue weighted by Crippen LogP contribution is 2.24. The maximum Gasteiger partial charge on any atom is 0.170 e.